The molecule has 0 bridgehead atoms. The van der Waals surface area contributed by atoms with Crippen LogP contribution in [-0.2, 0) is 29.4 Å². The summed E-state index contributed by atoms with van der Waals surface area (Å²) in [6.07, 6.45) is 2.47. The summed E-state index contributed by atoms with van der Waals surface area (Å²) in [6.45, 7) is 3.54. The highest BCUT2D eigenvalue weighted by Gasteiger charge is 2.44. The number of nitrogens with zero attached hydrogens (tertiary/aromatic N) is 2. The van der Waals surface area contributed by atoms with Crippen molar-refractivity contribution in [1.82, 2.24) is 20.4 Å². The summed E-state index contributed by atoms with van der Waals surface area (Å²) >= 11 is 0. The van der Waals surface area contributed by atoms with Gasteiger partial charge in [-0.3, -0.25) is 28.9 Å². The van der Waals surface area contributed by atoms with E-state index >= 15 is 0 Å². The van der Waals surface area contributed by atoms with E-state index in [0.29, 0.717) is 45.4 Å². The first-order chi connectivity index (χ1) is 16.2. The Hall–Kier alpha value is -3.23. The van der Waals surface area contributed by atoms with Crippen LogP contribution in [0.1, 0.15) is 51.0 Å². The molecule has 0 radical (unpaired) electrons. The second kappa shape index (κ2) is 9.56. The molecule has 0 aliphatic carbocycles. The first kappa shape index (κ1) is 23.9. The quantitative estimate of drug-likeness (QED) is 0.597. The lowest BCUT2D eigenvalue weighted by molar-refractivity contribution is -0.148. The fourth-order valence-corrected chi connectivity index (χ4v) is 5.31. The van der Waals surface area contributed by atoms with E-state index in [2.05, 4.69) is 10.6 Å². The number of amides is 5. The lowest BCUT2D eigenvalue weighted by Gasteiger charge is -2.45. The molecule has 3 fully saturated rings. The number of carbonyl (C=O) groups is 5. The second-order valence-corrected chi connectivity index (χ2v) is 9.93. The van der Waals surface area contributed by atoms with Gasteiger partial charge in [-0.15, -0.1) is 0 Å². The van der Waals surface area contributed by atoms with E-state index < -0.39 is 5.41 Å². The van der Waals surface area contributed by atoms with Crippen LogP contribution in [0.5, 0.6) is 0 Å². The molecule has 3 aliphatic heterocycles. The number of hydrogen-bond donors (Lipinski definition) is 2. The molecule has 4 rings (SSSR count). The van der Waals surface area contributed by atoms with Gasteiger partial charge in [0.1, 0.15) is 6.54 Å². The average molecular weight is 469 g/mol. The van der Waals surface area contributed by atoms with E-state index in [9.17, 15) is 24.0 Å². The topological polar surface area (TPSA) is 116 Å². The largest absolute Gasteiger partial charge is 0.356 e. The Bertz CT molecular complexity index is 970. The van der Waals surface area contributed by atoms with Crippen LogP contribution in [0.25, 0.3) is 0 Å². The number of piperidine rings is 2. The van der Waals surface area contributed by atoms with Gasteiger partial charge in [-0.2, -0.15) is 0 Å². The summed E-state index contributed by atoms with van der Waals surface area (Å²) in [5.41, 5.74) is 0.0364. The summed E-state index contributed by atoms with van der Waals surface area (Å²) in [5.74, 6) is -1.06. The number of rotatable bonds is 6. The molecule has 3 heterocycles. The van der Waals surface area contributed by atoms with Gasteiger partial charge in [-0.25, -0.2) is 0 Å². The minimum absolute atomic E-state index is 0.0131. The third kappa shape index (κ3) is 4.83. The van der Waals surface area contributed by atoms with Gasteiger partial charge in [0.15, 0.2) is 0 Å². The molecule has 1 unspecified atom stereocenters. The Balaban J connectivity index is 1.43. The standard InChI is InChI=1S/C25H32N4O5/c1-24(9-12-26-19(30)15-24)23(34)28-13-10-25(11-14-28,18-5-3-2-4-6-18)17-27-20(31)16-29-21(32)7-8-22(29)33/h2-6H,7-17H2,1H3,(H,26,30)(H,27,31). The molecule has 1 aromatic carbocycles. The van der Waals surface area contributed by atoms with Crippen LogP contribution in [0.2, 0.25) is 0 Å². The Morgan fingerprint density at radius 3 is 2.26 bits per heavy atom. The molecule has 3 saturated heterocycles. The molecule has 0 saturated carbocycles. The van der Waals surface area contributed by atoms with Crippen LogP contribution in [0.4, 0.5) is 0 Å². The summed E-state index contributed by atoms with van der Waals surface area (Å²) in [4.78, 5) is 64.4. The second-order valence-electron chi connectivity index (χ2n) is 9.93. The lowest BCUT2D eigenvalue weighted by atomic mass is 9.71. The van der Waals surface area contributed by atoms with Gasteiger partial charge in [0.05, 0.1) is 5.41 Å². The van der Waals surface area contributed by atoms with Crippen molar-refractivity contribution < 1.29 is 24.0 Å². The van der Waals surface area contributed by atoms with Crippen molar-refractivity contribution >= 4 is 29.5 Å². The summed E-state index contributed by atoms with van der Waals surface area (Å²) in [5, 5.41) is 5.73. The predicted molar refractivity (Wildman–Crippen MR) is 123 cm³/mol. The average Bonchev–Trinajstić information content (AvgIpc) is 3.15. The third-order valence-electron chi connectivity index (χ3n) is 7.54. The van der Waals surface area contributed by atoms with Gasteiger partial charge >= 0.3 is 0 Å². The molecule has 1 aromatic rings. The number of benzene rings is 1. The van der Waals surface area contributed by atoms with Crippen LogP contribution < -0.4 is 10.6 Å². The highest BCUT2D eigenvalue weighted by molar-refractivity contribution is 6.04. The molecule has 0 aromatic heterocycles. The van der Waals surface area contributed by atoms with Gasteiger partial charge in [-0.1, -0.05) is 37.3 Å². The van der Waals surface area contributed by atoms with Crippen LogP contribution in [0.15, 0.2) is 30.3 Å². The minimum Gasteiger partial charge on any atom is -0.356 e. The van der Waals surface area contributed by atoms with Gasteiger partial charge in [0.2, 0.25) is 29.5 Å². The van der Waals surface area contributed by atoms with Crippen LogP contribution in [0.3, 0.4) is 0 Å². The van der Waals surface area contributed by atoms with E-state index in [0.717, 1.165) is 10.5 Å². The van der Waals surface area contributed by atoms with Crippen molar-refractivity contribution in [2.24, 2.45) is 5.41 Å². The zero-order valence-electron chi connectivity index (χ0n) is 19.6. The molecule has 9 nitrogen and oxygen atoms in total. The summed E-state index contributed by atoms with van der Waals surface area (Å²) < 4.78 is 0. The highest BCUT2D eigenvalue weighted by atomic mass is 16.2. The smallest absolute Gasteiger partial charge is 0.240 e. The molecular weight excluding hydrogens is 436 g/mol. The number of nitrogens with one attached hydrogen (secondary N) is 2. The first-order valence-electron chi connectivity index (χ1n) is 11.9. The molecule has 3 aliphatic rings. The molecule has 1 atom stereocenters. The van der Waals surface area contributed by atoms with Gasteiger partial charge in [0, 0.05) is 50.9 Å². The maximum atomic E-state index is 13.3. The highest BCUT2D eigenvalue weighted by Crippen LogP contribution is 2.38. The minimum atomic E-state index is -0.682. The Morgan fingerprint density at radius 1 is 1.00 bits per heavy atom. The van der Waals surface area contributed by atoms with E-state index in [1.54, 1.807) is 0 Å². The molecule has 5 amide bonds. The van der Waals surface area contributed by atoms with Gasteiger partial charge in [0.25, 0.3) is 0 Å². The van der Waals surface area contributed by atoms with E-state index in [1.807, 2.05) is 42.2 Å². The van der Waals surface area contributed by atoms with Crippen molar-refractivity contribution in [2.45, 2.75) is 50.9 Å². The van der Waals surface area contributed by atoms with Gasteiger partial charge < -0.3 is 15.5 Å². The maximum absolute atomic E-state index is 13.3. The van der Waals surface area contributed by atoms with Crippen molar-refractivity contribution in [3.8, 4) is 0 Å². The zero-order chi connectivity index (χ0) is 24.3. The monoisotopic (exact) mass is 468 g/mol. The summed E-state index contributed by atoms with van der Waals surface area (Å²) in [7, 11) is 0. The SMILES string of the molecule is CC1(C(=O)N2CCC(CNC(=O)CN3C(=O)CCC3=O)(c3ccccc3)CC2)CCNC(=O)C1. The van der Waals surface area contributed by atoms with Crippen molar-refractivity contribution in [2.75, 3.05) is 32.7 Å². The van der Waals surface area contributed by atoms with Crippen LogP contribution in [0, 0.1) is 5.41 Å². The molecule has 182 valence electrons. The fraction of sp³-hybridized carbons (Fsp3) is 0.560. The van der Waals surface area contributed by atoms with Crippen LogP contribution >= 0.6 is 0 Å². The Morgan fingerprint density at radius 2 is 1.65 bits per heavy atom. The summed E-state index contributed by atoms with van der Waals surface area (Å²) in [6, 6.07) is 9.92. The molecule has 2 N–H and O–H groups in total. The lowest BCUT2D eigenvalue weighted by Crippen LogP contribution is -2.55. The fourth-order valence-electron chi connectivity index (χ4n) is 5.31. The van der Waals surface area contributed by atoms with E-state index in [4.69, 9.17) is 0 Å². The van der Waals surface area contributed by atoms with Crippen molar-refractivity contribution in [3.63, 3.8) is 0 Å². The van der Waals surface area contributed by atoms with Crippen molar-refractivity contribution in [1.29, 1.82) is 0 Å². The van der Waals surface area contributed by atoms with Crippen molar-refractivity contribution in [3.05, 3.63) is 35.9 Å². The zero-order valence-corrected chi connectivity index (χ0v) is 19.6. The Labute approximate surface area is 199 Å². The first-order valence-corrected chi connectivity index (χ1v) is 11.9. The normalized spacial score (nSPS) is 24.7. The van der Waals surface area contributed by atoms with E-state index in [1.165, 1.54) is 0 Å². The van der Waals surface area contributed by atoms with Gasteiger partial charge in [-0.05, 0) is 24.8 Å². The molecular formula is C25H32N4O5. The van der Waals surface area contributed by atoms with Crippen LogP contribution in [-0.4, -0.2) is 72.1 Å². The number of imide groups is 1. The molecule has 34 heavy (non-hydrogen) atoms. The number of carbonyl (C=O) groups excluding carboxylic acids is 5. The third-order valence-corrected chi connectivity index (χ3v) is 7.54. The number of hydrogen-bond acceptors (Lipinski definition) is 5. The predicted octanol–water partition coefficient (Wildman–Crippen LogP) is 0.728. The van der Waals surface area contributed by atoms with E-state index in [-0.39, 0.29) is 60.8 Å². The molecule has 0 spiro atoms. The number of likely N-dealkylation sites (tertiary alicyclic amines) is 2. The maximum Gasteiger partial charge on any atom is 0.240 e. The molecule has 9 heteroatoms. The Kier molecular flexibility index (Phi) is 6.72.